The highest BCUT2D eigenvalue weighted by Crippen LogP contribution is 2.35. The number of carbonyl (C=O) groups is 1. The van der Waals surface area contributed by atoms with Crippen molar-refractivity contribution in [1.82, 2.24) is 31.2 Å². The lowest BCUT2D eigenvalue weighted by molar-refractivity contribution is -0.119. The molecule has 1 aromatic heterocycles. The first-order valence-electron chi connectivity index (χ1n) is 11.4. The summed E-state index contributed by atoms with van der Waals surface area (Å²) in [5.41, 5.74) is 5.64. The highest BCUT2D eigenvalue weighted by Gasteiger charge is 2.44. The van der Waals surface area contributed by atoms with E-state index in [1.807, 2.05) is 24.3 Å². The van der Waals surface area contributed by atoms with Crippen LogP contribution in [-0.2, 0) is 4.79 Å². The van der Waals surface area contributed by atoms with Crippen molar-refractivity contribution < 1.29 is 14.1 Å². The summed E-state index contributed by atoms with van der Waals surface area (Å²) in [5.74, 6) is 2.28. The van der Waals surface area contributed by atoms with Crippen LogP contribution in [0.3, 0.4) is 0 Å². The lowest BCUT2D eigenvalue weighted by Crippen LogP contribution is -2.54. The van der Waals surface area contributed by atoms with Crippen molar-refractivity contribution in [2.75, 3.05) is 26.7 Å². The van der Waals surface area contributed by atoms with E-state index in [1.54, 1.807) is 13.2 Å². The lowest BCUT2D eigenvalue weighted by atomic mass is 9.92. The van der Waals surface area contributed by atoms with Crippen LogP contribution in [0.4, 0.5) is 0 Å². The van der Waals surface area contributed by atoms with Crippen LogP contribution in [0, 0.1) is 5.92 Å². The van der Waals surface area contributed by atoms with Crippen LogP contribution in [0.1, 0.15) is 55.3 Å². The Morgan fingerprint density at radius 1 is 1.25 bits per heavy atom. The van der Waals surface area contributed by atoms with Crippen molar-refractivity contribution in [3.8, 4) is 5.75 Å². The number of carbonyl (C=O) groups excluding carboxylic acids is 1. The van der Waals surface area contributed by atoms with Crippen molar-refractivity contribution >= 4 is 5.91 Å². The molecular formula is C23H30N6O3. The highest BCUT2D eigenvalue weighted by molar-refractivity contribution is 5.89. The van der Waals surface area contributed by atoms with E-state index >= 15 is 0 Å². The second kappa shape index (κ2) is 8.91. The molecule has 3 aliphatic heterocycles. The quantitative estimate of drug-likeness (QED) is 0.628. The molecule has 0 radical (unpaired) electrons. The molecule has 3 N–H and O–H groups in total. The zero-order valence-electron chi connectivity index (χ0n) is 18.5. The Kier molecular flexibility index (Phi) is 5.84. The third kappa shape index (κ3) is 3.86. The molecule has 3 unspecified atom stereocenters. The molecule has 2 saturated heterocycles. The number of benzene rings is 1. The molecule has 3 aliphatic rings. The van der Waals surface area contributed by atoms with Gasteiger partial charge in [-0.25, -0.2) is 5.43 Å². The van der Waals surface area contributed by atoms with Gasteiger partial charge < -0.3 is 19.9 Å². The zero-order chi connectivity index (χ0) is 22.1. The summed E-state index contributed by atoms with van der Waals surface area (Å²) in [6.45, 7) is 4.70. The first-order chi connectivity index (χ1) is 15.7. The van der Waals surface area contributed by atoms with Crippen LogP contribution >= 0.6 is 0 Å². The number of fused-ring (bicyclic) bond motifs is 1. The van der Waals surface area contributed by atoms with E-state index < -0.39 is 0 Å². The zero-order valence-corrected chi connectivity index (χ0v) is 18.5. The van der Waals surface area contributed by atoms with Gasteiger partial charge in [-0.15, -0.1) is 0 Å². The number of piperidine rings is 1. The van der Waals surface area contributed by atoms with Gasteiger partial charge in [0, 0.05) is 24.2 Å². The number of methoxy groups -OCH3 is 1. The molecule has 1 amide bonds. The molecule has 0 bridgehead atoms. The van der Waals surface area contributed by atoms with Crippen molar-refractivity contribution in [2.45, 2.75) is 44.2 Å². The maximum Gasteiger partial charge on any atom is 0.247 e. The number of hydrazine groups is 1. The van der Waals surface area contributed by atoms with Crippen LogP contribution < -0.4 is 20.8 Å². The third-order valence-corrected chi connectivity index (χ3v) is 6.76. The fraction of sp³-hybridized carbons (Fsp3) is 0.522. The molecule has 32 heavy (non-hydrogen) atoms. The molecule has 0 saturated carbocycles. The summed E-state index contributed by atoms with van der Waals surface area (Å²) in [4.78, 5) is 17.3. The lowest BCUT2D eigenvalue weighted by Gasteiger charge is -2.38. The minimum atomic E-state index is -0.219. The first kappa shape index (κ1) is 21.0. The molecule has 170 valence electrons. The summed E-state index contributed by atoms with van der Waals surface area (Å²) < 4.78 is 11.0. The van der Waals surface area contributed by atoms with Crippen molar-refractivity contribution in [2.24, 2.45) is 5.92 Å². The van der Waals surface area contributed by atoms with E-state index in [4.69, 9.17) is 14.2 Å². The summed E-state index contributed by atoms with van der Waals surface area (Å²) >= 11 is 0. The molecule has 0 spiro atoms. The smallest absolute Gasteiger partial charge is 0.247 e. The molecule has 0 aliphatic carbocycles. The molecule has 3 atom stereocenters. The molecular weight excluding hydrogens is 408 g/mol. The Hall–Kier alpha value is -2.91. The van der Waals surface area contributed by atoms with Crippen molar-refractivity contribution in [1.29, 1.82) is 0 Å². The summed E-state index contributed by atoms with van der Waals surface area (Å²) in [6, 6.07) is 7.96. The van der Waals surface area contributed by atoms with Gasteiger partial charge in [0.15, 0.2) is 5.82 Å². The van der Waals surface area contributed by atoms with E-state index in [1.165, 1.54) is 0 Å². The minimum absolute atomic E-state index is 0.0127. The monoisotopic (exact) mass is 438 g/mol. The van der Waals surface area contributed by atoms with Gasteiger partial charge in [-0.05, 0) is 50.0 Å². The summed E-state index contributed by atoms with van der Waals surface area (Å²) in [7, 11) is 1.66. The van der Waals surface area contributed by atoms with Gasteiger partial charge in [0.05, 0.1) is 18.9 Å². The van der Waals surface area contributed by atoms with Crippen LogP contribution in [0.2, 0.25) is 0 Å². The largest absolute Gasteiger partial charge is 0.497 e. The predicted molar refractivity (Wildman–Crippen MR) is 118 cm³/mol. The molecule has 9 nitrogen and oxygen atoms in total. The Balaban J connectivity index is 1.36. The summed E-state index contributed by atoms with van der Waals surface area (Å²) in [5, 5.41) is 12.9. The number of nitrogens with one attached hydrogen (secondary N) is 3. The number of allylic oxidation sites excluding steroid dienone is 1. The normalized spacial score (nSPS) is 24.6. The third-order valence-electron chi connectivity index (χ3n) is 6.76. The standard InChI is InChI=1S/C23H30N6O3/c1-3-17(14-4-6-16(31-2)7-5-14)23-27-21(28-32-23)18-13-25-29-19(12-20(30)26-22(18)29)15-8-10-24-11-9-15/h4-7,12,15,17-18,22,24-25H,3,8-11,13H2,1-2H3,(H,26,30). The maximum atomic E-state index is 12.5. The number of aromatic nitrogens is 2. The maximum absolute atomic E-state index is 12.5. The first-order valence-corrected chi connectivity index (χ1v) is 11.4. The van der Waals surface area contributed by atoms with E-state index in [-0.39, 0.29) is 23.9 Å². The van der Waals surface area contributed by atoms with E-state index in [2.05, 4.69) is 33.1 Å². The second-order valence-corrected chi connectivity index (χ2v) is 8.61. The van der Waals surface area contributed by atoms with Crippen molar-refractivity contribution in [3.05, 3.63) is 53.3 Å². The van der Waals surface area contributed by atoms with Gasteiger partial charge in [-0.2, -0.15) is 4.98 Å². The summed E-state index contributed by atoms with van der Waals surface area (Å²) in [6.07, 6.45) is 4.41. The van der Waals surface area contributed by atoms with Gasteiger partial charge in [0.2, 0.25) is 11.8 Å². The molecule has 1 aromatic carbocycles. The second-order valence-electron chi connectivity index (χ2n) is 8.61. The predicted octanol–water partition coefficient (Wildman–Crippen LogP) is 1.86. The van der Waals surface area contributed by atoms with Crippen LogP contribution in [0.5, 0.6) is 5.75 Å². The topological polar surface area (TPSA) is 105 Å². The van der Waals surface area contributed by atoms with Crippen LogP contribution in [-0.4, -0.2) is 54.0 Å². The average Bonchev–Trinajstić information content (AvgIpc) is 3.47. The fourth-order valence-electron chi connectivity index (χ4n) is 4.99. The van der Waals surface area contributed by atoms with Gasteiger partial charge >= 0.3 is 0 Å². The Labute approximate surface area is 187 Å². The Bertz CT molecular complexity index is 982. The van der Waals surface area contributed by atoms with Crippen LogP contribution in [0.25, 0.3) is 0 Å². The fourth-order valence-corrected chi connectivity index (χ4v) is 4.99. The molecule has 9 heteroatoms. The molecule has 2 aromatic rings. The molecule has 4 heterocycles. The molecule has 2 fully saturated rings. The van der Waals surface area contributed by atoms with Crippen molar-refractivity contribution in [3.63, 3.8) is 0 Å². The highest BCUT2D eigenvalue weighted by atomic mass is 16.5. The van der Waals surface area contributed by atoms with E-state index in [0.717, 1.165) is 49.4 Å². The Morgan fingerprint density at radius 3 is 2.75 bits per heavy atom. The number of amides is 1. The SMILES string of the molecule is CCC(c1ccc(OC)cc1)c1nc(C2CNN3C(C4CCNCC4)=CC(=O)NC23)no1. The number of rotatable bonds is 6. The number of hydrogen-bond acceptors (Lipinski definition) is 8. The van der Waals surface area contributed by atoms with E-state index in [9.17, 15) is 4.79 Å². The van der Waals surface area contributed by atoms with Gasteiger partial charge in [-0.1, -0.05) is 24.2 Å². The number of hydrogen-bond donors (Lipinski definition) is 3. The minimum Gasteiger partial charge on any atom is -0.497 e. The average molecular weight is 439 g/mol. The molecule has 5 rings (SSSR count). The van der Waals surface area contributed by atoms with Gasteiger partial charge in [0.1, 0.15) is 11.9 Å². The number of ether oxygens (including phenoxy) is 1. The van der Waals surface area contributed by atoms with Gasteiger partial charge in [-0.3, -0.25) is 9.80 Å². The van der Waals surface area contributed by atoms with Crippen LogP contribution in [0.15, 0.2) is 40.6 Å². The number of nitrogens with zero attached hydrogens (tertiary/aromatic N) is 3. The Morgan fingerprint density at radius 2 is 2.03 bits per heavy atom. The van der Waals surface area contributed by atoms with Gasteiger partial charge in [0.25, 0.3) is 0 Å². The van der Waals surface area contributed by atoms with E-state index in [0.29, 0.717) is 24.2 Å².